The Morgan fingerprint density at radius 2 is 1.84 bits per heavy atom. The maximum absolute atomic E-state index is 5.37. The number of benzene rings is 1. The Hall–Kier alpha value is -2.96. The standard InChI is InChI=1S/C24H34N6O/c1-3-25-24(27-19-20-9-10-23(26-18-20)29-11-4-5-12-29)30-15-13-28(14-16-30)21-7-6-8-22(17-21)31-2/h6-10,17-18H,3-5,11-16,19H2,1-2H3,(H,25,27). The number of rotatable bonds is 6. The fourth-order valence-corrected chi connectivity index (χ4v) is 4.22. The number of ether oxygens (including phenoxy) is 1. The lowest BCUT2D eigenvalue weighted by Gasteiger charge is -2.37. The second kappa shape index (κ2) is 10.4. The molecule has 1 N–H and O–H groups in total. The van der Waals surface area contributed by atoms with E-state index in [1.165, 1.54) is 18.5 Å². The zero-order chi connectivity index (χ0) is 21.5. The van der Waals surface area contributed by atoms with E-state index in [-0.39, 0.29) is 0 Å². The fraction of sp³-hybridized carbons (Fsp3) is 0.500. The molecule has 0 amide bonds. The highest BCUT2D eigenvalue weighted by Gasteiger charge is 2.20. The Balaban J connectivity index is 1.35. The molecule has 0 bridgehead atoms. The highest BCUT2D eigenvalue weighted by atomic mass is 16.5. The van der Waals surface area contributed by atoms with E-state index in [2.05, 4.69) is 62.3 Å². The van der Waals surface area contributed by atoms with Crippen molar-refractivity contribution in [2.45, 2.75) is 26.3 Å². The molecular weight excluding hydrogens is 388 g/mol. The summed E-state index contributed by atoms with van der Waals surface area (Å²) in [5.41, 5.74) is 2.36. The lowest BCUT2D eigenvalue weighted by Crippen LogP contribution is -2.52. The number of nitrogens with zero attached hydrogens (tertiary/aromatic N) is 5. The number of piperazine rings is 1. The van der Waals surface area contributed by atoms with Crippen LogP contribution in [0.4, 0.5) is 11.5 Å². The molecule has 0 spiro atoms. The van der Waals surface area contributed by atoms with Crippen LogP contribution in [0.3, 0.4) is 0 Å². The molecule has 0 aliphatic carbocycles. The van der Waals surface area contributed by atoms with Crippen molar-refractivity contribution in [2.75, 3.05) is 62.7 Å². The number of methoxy groups -OCH3 is 1. The van der Waals surface area contributed by atoms with E-state index in [1.807, 2.05) is 12.3 Å². The Labute approximate surface area is 185 Å². The molecule has 2 fully saturated rings. The number of hydrogen-bond acceptors (Lipinski definition) is 5. The molecule has 2 aliphatic rings. The summed E-state index contributed by atoms with van der Waals surface area (Å²) in [7, 11) is 1.71. The molecule has 7 heteroatoms. The van der Waals surface area contributed by atoms with Crippen LogP contribution in [0.2, 0.25) is 0 Å². The molecule has 0 unspecified atom stereocenters. The molecule has 1 aromatic heterocycles. The minimum atomic E-state index is 0.645. The highest BCUT2D eigenvalue weighted by Crippen LogP contribution is 2.22. The van der Waals surface area contributed by atoms with Gasteiger partial charge in [-0.15, -0.1) is 0 Å². The van der Waals surface area contributed by atoms with Crippen molar-refractivity contribution < 1.29 is 4.74 Å². The van der Waals surface area contributed by atoms with Gasteiger partial charge >= 0.3 is 0 Å². The summed E-state index contributed by atoms with van der Waals surface area (Å²) in [6.07, 6.45) is 4.51. The third-order valence-electron chi connectivity index (χ3n) is 5.98. The van der Waals surface area contributed by atoms with Crippen LogP contribution in [0.25, 0.3) is 0 Å². The van der Waals surface area contributed by atoms with Crippen molar-refractivity contribution in [3.05, 3.63) is 48.2 Å². The van der Waals surface area contributed by atoms with Gasteiger partial charge in [0.2, 0.25) is 0 Å². The number of anilines is 2. The monoisotopic (exact) mass is 422 g/mol. The van der Waals surface area contributed by atoms with E-state index in [0.717, 1.165) is 68.9 Å². The molecule has 1 aromatic carbocycles. The number of guanidine groups is 1. The van der Waals surface area contributed by atoms with Crippen LogP contribution in [-0.4, -0.2) is 68.8 Å². The van der Waals surface area contributed by atoms with Crippen molar-refractivity contribution in [3.8, 4) is 5.75 Å². The van der Waals surface area contributed by atoms with Gasteiger partial charge in [0.05, 0.1) is 13.7 Å². The topological polar surface area (TPSA) is 56.2 Å². The number of hydrogen-bond donors (Lipinski definition) is 1. The number of aromatic nitrogens is 1. The molecule has 2 aliphatic heterocycles. The first-order valence-corrected chi connectivity index (χ1v) is 11.4. The summed E-state index contributed by atoms with van der Waals surface area (Å²) in [5.74, 6) is 2.97. The van der Waals surface area contributed by atoms with Gasteiger partial charge in [0.1, 0.15) is 11.6 Å². The zero-order valence-electron chi connectivity index (χ0n) is 18.8. The van der Waals surface area contributed by atoms with Crippen molar-refractivity contribution >= 4 is 17.5 Å². The SMILES string of the molecule is CCNC(=NCc1ccc(N2CCCC2)nc1)N1CCN(c2cccc(OC)c2)CC1. The third kappa shape index (κ3) is 5.40. The van der Waals surface area contributed by atoms with Crippen LogP contribution in [0.15, 0.2) is 47.6 Å². The lowest BCUT2D eigenvalue weighted by atomic mass is 10.2. The average molecular weight is 423 g/mol. The molecule has 31 heavy (non-hydrogen) atoms. The number of nitrogens with one attached hydrogen (secondary N) is 1. The molecule has 0 radical (unpaired) electrons. The van der Waals surface area contributed by atoms with Gasteiger partial charge in [-0.3, -0.25) is 0 Å². The third-order valence-corrected chi connectivity index (χ3v) is 5.98. The van der Waals surface area contributed by atoms with Gasteiger partial charge in [-0.25, -0.2) is 9.98 Å². The fourth-order valence-electron chi connectivity index (χ4n) is 4.22. The van der Waals surface area contributed by atoms with Crippen LogP contribution < -0.4 is 19.9 Å². The van der Waals surface area contributed by atoms with Crippen LogP contribution in [-0.2, 0) is 6.54 Å². The Morgan fingerprint density at radius 1 is 1.03 bits per heavy atom. The first-order chi connectivity index (χ1) is 15.3. The first-order valence-electron chi connectivity index (χ1n) is 11.4. The van der Waals surface area contributed by atoms with Gasteiger partial charge in [-0.05, 0) is 43.5 Å². The largest absolute Gasteiger partial charge is 0.497 e. The van der Waals surface area contributed by atoms with Gasteiger partial charge in [-0.1, -0.05) is 12.1 Å². The smallest absolute Gasteiger partial charge is 0.194 e. The van der Waals surface area contributed by atoms with Crippen molar-refractivity contribution in [1.82, 2.24) is 15.2 Å². The zero-order valence-corrected chi connectivity index (χ0v) is 18.8. The Kier molecular flexibility index (Phi) is 7.12. The number of aliphatic imine (C=N–C) groups is 1. The summed E-state index contributed by atoms with van der Waals surface area (Å²) < 4.78 is 5.37. The highest BCUT2D eigenvalue weighted by molar-refractivity contribution is 5.80. The van der Waals surface area contributed by atoms with Crippen LogP contribution >= 0.6 is 0 Å². The molecule has 166 valence electrons. The van der Waals surface area contributed by atoms with Crippen molar-refractivity contribution in [3.63, 3.8) is 0 Å². The summed E-state index contributed by atoms with van der Waals surface area (Å²) in [6, 6.07) is 12.6. The molecule has 0 saturated carbocycles. The molecule has 2 saturated heterocycles. The maximum Gasteiger partial charge on any atom is 0.194 e. The maximum atomic E-state index is 5.37. The van der Waals surface area contributed by atoms with Gasteiger partial charge in [0.15, 0.2) is 5.96 Å². The van der Waals surface area contributed by atoms with Crippen LogP contribution in [0.1, 0.15) is 25.3 Å². The van der Waals surface area contributed by atoms with Crippen LogP contribution in [0.5, 0.6) is 5.75 Å². The predicted molar refractivity (Wildman–Crippen MR) is 127 cm³/mol. The van der Waals surface area contributed by atoms with E-state index in [9.17, 15) is 0 Å². The Bertz CT molecular complexity index is 855. The normalized spacial score (nSPS) is 17.2. The van der Waals surface area contributed by atoms with E-state index < -0.39 is 0 Å². The summed E-state index contributed by atoms with van der Waals surface area (Å²) in [6.45, 7) is 9.67. The molecule has 2 aromatic rings. The Morgan fingerprint density at radius 3 is 2.52 bits per heavy atom. The second-order valence-electron chi connectivity index (χ2n) is 8.06. The van der Waals surface area contributed by atoms with E-state index in [0.29, 0.717) is 6.54 Å². The average Bonchev–Trinajstić information content (AvgIpc) is 3.37. The minimum Gasteiger partial charge on any atom is -0.497 e. The molecule has 3 heterocycles. The van der Waals surface area contributed by atoms with E-state index in [1.54, 1.807) is 7.11 Å². The first kappa shape index (κ1) is 21.3. The number of pyridine rings is 1. The molecular formula is C24H34N6O. The van der Waals surface area contributed by atoms with Crippen molar-refractivity contribution in [1.29, 1.82) is 0 Å². The summed E-state index contributed by atoms with van der Waals surface area (Å²) >= 11 is 0. The van der Waals surface area contributed by atoms with Gasteiger partial charge < -0.3 is 24.8 Å². The van der Waals surface area contributed by atoms with E-state index in [4.69, 9.17) is 9.73 Å². The summed E-state index contributed by atoms with van der Waals surface area (Å²) in [5, 5.41) is 3.46. The van der Waals surface area contributed by atoms with Gasteiger partial charge in [0, 0.05) is 63.8 Å². The molecule has 4 rings (SSSR count). The van der Waals surface area contributed by atoms with Gasteiger partial charge in [-0.2, -0.15) is 0 Å². The minimum absolute atomic E-state index is 0.645. The van der Waals surface area contributed by atoms with Crippen molar-refractivity contribution in [2.24, 2.45) is 4.99 Å². The second-order valence-corrected chi connectivity index (χ2v) is 8.06. The molecule has 7 nitrogen and oxygen atoms in total. The van der Waals surface area contributed by atoms with Crippen LogP contribution in [0, 0.1) is 0 Å². The van der Waals surface area contributed by atoms with Gasteiger partial charge in [0.25, 0.3) is 0 Å². The van der Waals surface area contributed by atoms with E-state index >= 15 is 0 Å². The molecule has 0 atom stereocenters. The quantitative estimate of drug-likeness (QED) is 0.571. The summed E-state index contributed by atoms with van der Waals surface area (Å²) in [4.78, 5) is 16.7. The predicted octanol–water partition coefficient (Wildman–Crippen LogP) is 2.98. The lowest BCUT2D eigenvalue weighted by molar-refractivity contribution is 0.372.